The van der Waals surface area contributed by atoms with Gasteiger partial charge in [0, 0.05) is 10.9 Å². The van der Waals surface area contributed by atoms with Crippen molar-refractivity contribution in [3.05, 3.63) is 194 Å². The van der Waals surface area contributed by atoms with E-state index in [2.05, 4.69) is 48.5 Å². The highest BCUT2D eigenvalue weighted by molar-refractivity contribution is 6.28. The zero-order chi connectivity index (χ0) is 43.6. The number of hydrogen-bond acceptors (Lipinski definition) is 1. The summed E-state index contributed by atoms with van der Waals surface area (Å²) < 4.78 is 92.0. The van der Waals surface area contributed by atoms with Crippen LogP contribution in [0.25, 0.3) is 98.7 Å². The number of benzene rings is 10. The van der Waals surface area contributed by atoms with Crippen molar-refractivity contribution in [3.8, 4) is 67.1 Å². The van der Waals surface area contributed by atoms with Gasteiger partial charge >= 0.3 is 0 Å². The topological polar surface area (TPSA) is 9.23 Å². The minimum absolute atomic E-state index is 0.125. The summed E-state index contributed by atoms with van der Waals surface area (Å²) in [5.74, 6) is 1.29. The molecule has 10 aromatic carbocycles. The van der Waals surface area contributed by atoms with Gasteiger partial charge in [0.2, 0.25) is 0 Å². The summed E-state index contributed by atoms with van der Waals surface area (Å²) in [6.45, 7) is 0. The van der Waals surface area contributed by atoms with E-state index in [0.29, 0.717) is 22.6 Å². The normalized spacial score (nSPS) is 14.6. The molecule has 0 fully saturated rings. The van der Waals surface area contributed by atoms with Crippen molar-refractivity contribution in [2.45, 2.75) is 0 Å². The second-order valence-electron chi connectivity index (χ2n) is 13.3. The van der Waals surface area contributed by atoms with Gasteiger partial charge in [0.05, 0.1) is 13.7 Å². The van der Waals surface area contributed by atoms with Gasteiger partial charge in [-0.25, -0.2) is 0 Å². The van der Waals surface area contributed by atoms with Crippen LogP contribution in [0.3, 0.4) is 0 Å². The summed E-state index contributed by atoms with van der Waals surface area (Å²) in [5, 5.41) is 7.07. The van der Waals surface area contributed by atoms with Gasteiger partial charge in [0.15, 0.2) is 0 Å². The van der Waals surface area contributed by atoms with Crippen molar-refractivity contribution >= 4 is 43.1 Å². The molecule has 0 radical (unpaired) electrons. The SMILES string of the molecule is [2H]c1c([2H])c([2H])c(-c2ccc3c(c2)-c2cc(-c4ccc(-c5c6ccccc6c(-c6c([2H])c([2H])c([2H])c([2H])c6[2H])c6c5ccc5ccccc56)cc4)cc4cccc(c24)O3)c([2H])c1[2H]. The van der Waals surface area contributed by atoms with Crippen LogP contribution in [0.2, 0.25) is 0 Å². The van der Waals surface area contributed by atoms with Gasteiger partial charge in [-0.2, -0.15) is 0 Å². The second-order valence-corrected chi connectivity index (χ2v) is 13.3. The predicted octanol–water partition coefficient (Wildman–Crippen LogP) is 14.7. The van der Waals surface area contributed by atoms with Crippen LogP contribution >= 0.6 is 0 Å². The van der Waals surface area contributed by atoms with E-state index in [1.807, 2.05) is 72.8 Å². The van der Waals surface area contributed by atoms with Gasteiger partial charge in [-0.1, -0.05) is 164 Å². The van der Waals surface area contributed by atoms with Crippen LogP contribution in [0.4, 0.5) is 0 Å². The lowest BCUT2D eigenvalue weighted by molar-refractivity contribution is 0.487. The molecule has 1 aliphatic heterocycles. The Morgan fingerprint density at radius 3 is 1.77 bits per heavy atom. The van der Waals surface area contributed by atoms with Crippen LogP contribution < -0.4 is 4.74 Å². The van der Waals surface area contributed by atoms with Crippen LogP contribution in [0.1, 0.15) is 13.7 Å². The zero-order valence-corrected chi connectivity index (χ0v) is 28.1. The molecule has 0 saturated carbocycles. The van der Waals surface area contributed by atoms with E-state index in [0.717, 1.165) is 76.5 Å². The minimum Gasteiger partial charge on any atom is -0.456 e. The largest absolute Gasteiger partial charge is 0.456 e. The molecule has 0 atom stereocenters. The Bertz CT molecular complexity index is 3600. The van der Waals surface area contributed by atoms with Gasteiger partial charge in [0.1, 0.15) is 11.5 Å². The summed E-state index contributed by atoms with van der Waals surface area (Å²) in [7, 11) is 0. The van der Waals surface area contributed by atoms with Crippen molar-refractivity contribution in [1.29, 1.82) is 0 Å². The minimum atomic E-state index is -0.440. The fourth-order valence-corrected chi connectivity index (χ4v) is 8.08. The molecule has 0 bridgehead atoms. The molecule has 246 valence electrons. The quantitative estimate of drug-likeness (QED) is 0.133. The predicted molar refractivity (Wildman–Crippen MR) is 224 cm³/mol. The molecule has 0 saturated heterocycles. The van der Waals surface area contributed by atoms with E-state index in [4.69, 9.17) is 18.4 Å². The monoisotopic (exact) mass is 682 g/mol. The maximum absolute atomic E-state index is 9.06. The molecule has 1 nitrogen and oxygen atoms in total. The molecule has 0 aromatic heterocycles. The Hall–Kier alpha value is -6.96. The van der Waals surface area contributed by atoms with Crippen LogP contribution in [0.15, 0.2) is 194 Å². The number of rotatable bonds is 4. The highest BCUT2D eigenvalue weighted by Gasteiger charge is 2.23. The smallest absolute Gasteiger partial charge is 0.135 e. The number of ether oxygens (including phenoxy) is 1. The third-order valence-electron chi connectivity index (χ3n) is 10.4. The summed E-state index contributed by atoms with van der Waals surface area (Å²) in [4.78, 5) is 0. The summed E-state index contributed by atoms with van der Waals surface area (Å²) in [6, 6.07) is 40.3. The zero-order valence-electron chi connectivity index (χ0n) is 38.1. The van der Waals surface area contributed by atoms with Gasteiger partial charge in [0.25, 0.3) is 0 Å². The first kappa shape index (κ1) is 21.4. The molecule has 1 aliphatic rings. The lowest BCUT2D eigenvalue weighted by Crippen LogP contribution is -1.98. The maximum atomic E-state index is 9.06. The average molecular weight is 683 g/mol. The van der Waals surface area contributed by atoms with E-state index in [1.165, 1.54) is 0 Å². The Morgan fingerprint density at radius 1 is 0.340 bits per heavy atom. The summed E-state index contributed by atoms with van der Waals surface area (Å²) >= 11 is 0. The first-order valence-corrected chi connectivity index (χ1v) is 17.4. The van der Waals surface area contributed by atoms with Crippen molar-refractivity contribution in [1.82, 2.24) is 0 Å². The first-order valence-electron chi connectivity index (χ1n) is 22.4. The maximum Gasteiger partial charge on any atom is 0.135 e. The molecule has 0 spiro atoms. The molecule has 0 unspecified atom stereocenters. The van der Waals surface area contributed by atoms with E-state index in [9.17, 15) is 0 Å². The standard InChI is InChI=1S/C52H32O/c1-3-12-33(13-4-1)38-27-29-47-45(31-38)46-32-40(30-39-17-11-21-48(53-47)50(39)46)34-22-24-37(25-23-34)49-42-19-9-10-20-43(42)51(36-15-5-2-6-16-36)52-41-18-8-7-14-35(41)26-28-44(49)52/h1-32H/i1D,2D,3D,4D,5D,6D,12D,13D,15D,16D. The van der Waals surface area contributed by atoms with Gasteiger partial charge < -0.3 is 4.74 Å². The Morgan fingerprint density at radius 2 is 0.981 bits per heavy atom. The molecular formula is C52H32O. The Kier molecular flexibility index (Phi) is 4.77. The Labute approximate surface area is 322 Å². The van der Waals surface area contributed by atoms with Crippen LogP contribution in [-0.4, -0.2) is 0 Å². The number of hydrogen-bond donors (Lipinski definition) is 0. The van der Waals surface area contributed by atoms with Crippen molar-refractivity contribution in [3.63, 3.8) is 0 Å². The Balaban J connectivity index is 1.11. The fourth-order valence-electron chi connectivity index (χ4n) is 8.08. The number of fused-ring (bicyclic) bond motifs is 6. The van der Waals surface area contributed by atoms with Crippen LogP contribution in [0.5, 0.6) is 11.5 Å². The van der Waals surface area contributed by atoms with Crippen LogP contribution in [0, 0.1) is 0 Å². The van der Waals surface area contributed by atoms with Crippen molar-refractivity contribution < 1.29 is 18.4 Å². The van der Waals surface area contributed by atoms with E-state index in [1.54, 1.807) is 12.1 Å². The molecule has 11 rings (SSSR count). The van der Waals surface area contributed by atoms with Crippen LogP contribution in [-0.2, 0) is 0 Å². The van der Waals surface area contributed by atoms with E-state index >= 15 is 0 Å². The van der Waals surface area contributed by atoms with E-state index in [-0.39, 0.29) is 47.4 Å². The average Bonchev–Trinajstić information content (AvgIpc) is 3.31. The molecule has 1 heteroatoms. The third kappa shape index (κ3) is 4.71. The van der Waals surface area contributed by atoms with Crippen molar-refractivity contribution in [2.75, 3.05) is 0 Å². The first-order chi connectivity index (χ1) is 30.4. The fraction of sp³-hybridized carbons (Fsp3) is 0. The molecular weight excluding hydrogens is 641 g/mol. The molecule has 10 aromatic rings. The van der Waals surface area contributed by atoms with Gasteiger partial charge in [-0.15, -0.1) is 0 Å². The molecule has 0 amide bonds. The van der Waals surface area contributed by atoms with E-state index < -0.39 is 24.2 Å². The second kappa shape index (κ2) is 11.8. The lowest BCUT2D eigenvalue weighted by Gasteiger charge is -2.23. The highest BCUT2D eigenvalue weighted by Crippen LogP contribution is 2.50. The molecule has 0 N–H and O–H groups in total. The lowest BCUT2D eigenvalue weighted by atomic mass is 9.83. The molecule has 53 heavy (non-hydrogen) atoms. The van der Waals surface area contributed by atoms with Crippen molar-refractivity contribution in [2.24, 2.45) is 0 Å². The van der Waals surface area contributed by atoms with Gasteiger partial charge in [-0.05, 0) is 118 Å². The molecule has 1 heterocycles. The highest BCUT2D eigenvalue weighted by atomic mass is 16.5. The molecule has 0 aliphatic carbocycles. The summed E-state index contributed by atoms with van der Waals surface area (Å²) in [5.41, 5.74) is 6.80. The van der Waals surface area contributed by atoms with Gasteiger partial charge in [-0.3, -0.25) is 0 Å². The summed E-state index contributed by atoms with van der Waals surface area (Å²) in [6.07, 6.45) is 0. The third-order valence-corrected chi connectivity index (χ3v) is 10.4.